The minimum absolute atomic E-state index is 0.167. The Hall–Kier alpha value is -0.990. The SMILES string of the molecule is C=C/C(C)=C(\C=C)C(C)(C)C(F)(F)F. The lowest BCUT2D eigenvalue weighted by atomic mass is 9.81. The average Bonchev–Trinajstić information content (AvgIpc) is 2.02. The highest BCUT2D eigenvalue weighted by Gasteiger charge is 2.49. The molecule has 0 saturated heterocycles. The smallest absolute Gasteiger partial charge is 0.170 e. The van der Waals surface area contributed by atoms with Gasteiger partial charge in [-0.2, -0.15) is 13.2 Å². The molecule has 0 amide bonds. The Kier molecular flexibility index (Phi) is 3.74. The van der Waals surface area contributed by atoms with Crippen molar-refractivity contribution in [3.63, 3.8) is 0 Å². The Labute approximate surface area is 82.8 Å². The molecule has 0 heterocycles. The van der Waals surface area contributed by atoms with Crippen LogP contribution in [-0.4, -0.2) is 6.18 Å². The van der Waals surface area contributed by atoms with Crippen LogP contribution in [0.4, 0.5) is 13.2 Å². The lowest BCUT2D eigenvalue weighted by Crippen LogP contribution is -2.33. The van der Waals surface area contributed by atoms with Crippen LogP contribution in [0, 0.1) is 5.41 Å². The van der Waals surface area contributed by atoms with E-state index in [1.165, 1.54) is 12.2 Å². The van der Waals surface area contributed by atoms with E-state index in [9.17, 15) is 13.2 Å². The van der Waals surface area contributed by atoms with Crippen molar-refractivity contribution < 1.29 is 13.2 Å². The summed E-state index contributed by atoms with van der Waals surface area (Å²) >= 11 is 0. The second-order valence-electron chi connectivity index (χ2n) is 3.63. The van der Waals surface area contributed by atoms with Crippen molar-refractivity contribution >= 4 is 0 Å². The van der Waals surface area contributed by atoms with E-state index in [4.69, 9.17) is 0 Å². The highest BCUT2D eigenvalue weighted by Crippen LogP contribution is 2.44. The fraction of sp³-hybridized carbons (Fsp3) is 0.455. The summed E-state index contributed by atoms with van der Waals surface area (Å²) in [5.41, 5.74) is -1.21. The van der Waals surface area contributed by atoms with Crippen LogP contribution in [0.1, 0.15) is 20.8 Å². The molecule has 0 aromatic heterocycles. The predicted molar refractivity (Wildman–Crippen MR) is 52.9 cm³/mol. The Balaban J connectivity index is 5.47. The maximum absolute atomic E-state index is 12.7. The Morgan fingerprint density at radius 1 is 1.07 bits per heavy atom. The van der Waals surface area contributed by atoms with Crippen molar-refractivity contribution in [1.82, 2.24) is 0 Å². The van der Waals surface area contributed by atoms with Gasteiger partial charge in [-0.1, -0.05) is 25.3 Å². The zero-order chi connectivity index (χ0) is 11.6. The van der Waals surface area contributed by atoms with Gasteiger partial charge in [0.1, 0.15) is 0 Å². The van der Waals surface area contributed by atoms with Crippen molar-refractivity contribution in [2.75, 3.05) is 0 Å². The number of hydrogen-bond donors (Lipinski definition) is 0. The second kappa shape index (κ2) is 4.03. The molecule has 0 saturated carbocycles. The Morgan fingerprint density at radius 2 is 1.50 bits per heavy atom. The molecule has 0 aromatic carbocycles. The van der Waals surface area contributed by atoms with Crippen LogP contribution < -0.4 is 0 Å². The summed E-state index contributed by atoms with van der Waals surface area (Å²) in [5.74, 6) is 0. The molecule has 0 aromatic rings. The molecular formula is C11H15F3. The van der Waals surface area contributed by atoms with Gasteiger partial charge >= 0.3 is 6.18 Å². The van der Waals surface area contributed by atoms with Gasteiger partial charge < -0.3 is 0 Å². The molecule has 0 N–H and O–H groups in total. The van der Waals surface area contributed by atoms with Gasteiger partial charge in [0.05, 0.1) is 5.41 Å². The third kappa shape index (κ3) is 2.28. The zero-order valence-corrected chi connectivity index (χ0v) is 8.70. The van der Waals surface area contributed by atoms with E-state index in [0.29, 0.717) is 5.57 Å². The minimum atomic E-state index is -4.28. The van der Waals surface area contributed by atoms with Gasteiger partial charge in [0.2, 0.25) is 0 Å². The van der Waals surface area contributed by atoms with E-state index in [1.807, 2.05) is 0 Å². The molecular weight excluding hydrogens is 189 g/mol. The summed E-state index contributed by atoms with van der Waals surface area (Å²) in [6, 6.07) is 0. The molecule has 14 heavy (non-hydrogen) atoms. The Morgan fingerprint density at radius 3 is 1.71 bits per heavy atom. The number of hydrogen-bond acceptors (Lipinski definition) is 0. The minimum Gasteiger partial charge on any atom is -0.170 e. The number of rotatable bonds is 3. The molecule has 0 rings (SSSR count). The summed E-state index contributed by atoms with van der Waals surface area (Å²) in [5, 5.41) is 0. The molecule has 0 atom stereocenters. The maximum atomic E-state index is 12.7. The second-order valence-corrected chi connectivity index (χ2v) is 3.63. The molecule has 0 bridgehead atoms. The largest absolute Gasteiger partial charge is 0.397 e. The van der Waals surface area contributed by atoms with Crippen LogP contribution in [0.15, 0.2) is 36.5 Å². The molecule has 3 heteroatoms. The highest BCUT2D eigenvalue weighted by molar-refractivity contribution is 5.35. The number of halogens is 3. The van der Waals surface area contributed by atoms with Crippen LogP contribution in [0.25, 0.3) is 0 Å². The lowest BCUT2D eigenvalue weighted by molar-refractivity contribution is -0.196. The van der Waals surface area contributed by atoms with Gasteiger partial charge in [0.25, 0.3) is 0 Å². The lowest BCUT2D eigenvalue weighted by Gasteiger charge is -2.30. The summed E-state index contributed by atoms with van der Waals surface area (Å²) in [6.45, 7) is 10.7. The fourth-order valence-electron chi connectivity index (χ4n) is 1.17. The Bertz CT molecular complexity index is 267. The van der Waals surface area contributed by atoms with E-state index in [1.54, 1.807) is 6.92 Å². The molecule has 0 aliphatic heterocycles. The fourth-order valence-corrected chi connectivity index (χ4v) is 1.17. The highest BCUT2D eigenvalue weighted by atomic mass is 19.4. The van der Waals surface area contributed by atoms with E-state index in [0.717, 1.165) is 13.8 Å². The molecule has 0 aliphatic rings. The first-order valence-corrected chi connectivity index (χ1v) is 4.21. The average molecular weight is 204 g/mol. The van der Waals surface area contributed by atoms with Gasteiger partial charge in [-0.3, -0.25) is 0 Å². The van der Waals surface area contributed by atoms with Crippen LogP contribution in [0.2, 0.25) is 0 Å². The van der Waals surface area contributed by atoms with Gasteiger partial charge in [-0.15, -0.1) is 0 Å². The van der Waals surface area contributed by atoms with Crippen molar-refractivity contribution in [2.24, 2.45) is 5.41 Å². The van der Waals surface area contributed by atoms with Gasteiger partial charge in [0.15, 0.2) is 0 Å². The van der Waals surface area contributed by atoms with Crippen LogP contribution in [0.3, 0.4) is 0 Å². The standard InChI is InChI=1S/C11H15F3/c1-6-8(3)9(7-2)10(4,5)11(12,13)14/h6-7H,1-2H2,3-5H3/b9-8+. The molecule has 0 aliphatic carbocycles. The molecule has 0 radical (unpaired) electrons. The molecule has 80 valence electrons. The van der Waals surface area contributed by atoms with Crippen molar-refractivity contribution in [3.8, 4) is 0 Å². The number of alkyl halides is 3. The van der Waals surface area contributed by atoms with Gasteiger partial charge in [-0.05, 0) is 31.9 Å². The van der Waals surface area contributed by atoms with Gasteiger partial charge in [-0.25, -0.2) is 0 Å². The number of allylic oxidation sites excluding steroid dienone is 4. The summed E-state index contributed by atoms with van der Waals surface area (Å²) in [6.07, 6.45) is -1.63. The van der Waals surface area contributed by atoms with E-state index in [-0.39, 0.29) is 5.57 Å². The topological polar surface area (TPSA) is 0 Å². The molecule has 0 fully saturated rings. The first-order valence-electron chi connectivity index (χ1n) is 4.21. The van der Waals surface area contributed by atoms with E-state index < -0.39 is 11.6 Å². The summed E-state index contributed by atoms with van der Waals surface area (Å²) < 4.78 is 38.0. The normalized spacial score (nSPS) is 14.7. The van der Waals surface area contributed by atoms with Crippen LogP contribution in [-0.2, 0) is 0 Å². The summed E-state index contributed by atoms with van der Waals surface area (Å²) in [4.78, 5) is 0. The van der Waals surface area contributed by atoms with Crippen molar-refractivity contribution in [3.05, 3.63) is 36.5 Å². The zero-order valence-electron chi connectivity index (χ0n) is 8.70. The quantitative estimate of drug-likeness (QED) is 0.602. The van der Waals surface area contributed by atoms with Crippen molar-refractivity contribution in [2.45, 2.75) is 26.9 Å². The molecule has 0 spiro atoms. The van der Waals surface area contributed by atoms with Crippen LogP contribution >= 0.6 is 0 Å². The molecule has 0 unspecified atom stereocenters. The monoisotopic (exact) mass is 204 g/mol. The predicted octanol–water partition coefficient (Wildman–Crippen LogP) is 4.26. The molecule has 0 nitrogen and oxygen atoms in total. The third-order valence-corrected chi connectivity index (χ3v) is 2.32. The van der Waals surface area contributed by atoms with Crippen LogP contribution in [0.5, 0.6) is 0 Å². The first kappa shape index (κ1) is 13.0. The third-order valence-electron chi connectivity index (χ3n) is 2.32. The van der Waals surface area contributed by atoms with Crippen molar-refractivity contribution in [1.29, 1.82) is 0 Å². The van der Waals surface area contributed by atoms with E-state index >= 15 is 0 Å². The van der Waals surface area contributed by atoms with Gasteiger partial charge in [0, 0.05) is 0 Å². The van der Waals surface area contributed by atoms with E-state index in [2.05, 4.69) is 13.2 Å². The summed E-state index contributed by atoms with van der Waals surface area (Å²) in [7, 11) is 0. The first-order chi connectivity index (χ1) is 6.18. The maximum Gasteiger partial charge on any atom is 0.397 e.